The average molecular weight is 264 g/mol. The summed E-state index contributed by atoms with van der Waals surface area (Å²) in [5, 5.41) is 8.34. The second-order valence-electron chi connectivity index (χ2n) is 4.64. The minimum absolute atomic E-state index is 0.00664. The Hall–Kier alpha value is -1.13. The molecule has 0 spiro atoms. The molecule has 2 heterocycles. The minimum Gasteiger partial charge on any atom is -0.353 e. The van der Waals surface area contributed by atoms with Crippen molar-refractivity contribution in [2.45, 2.75) is 19.3 Å². The lowest BCUT2D eigenvalue weighted by molar-refractivity contribution is -0.116. The minimum atomic E-state index is 0.00664. The van der Waals surface area contributed by atoms with E-state index < -0.39 is 0 Å². The maximum absolute atomic E-state index is 11.6. The van der Waals surface area contributed by atoms with E-state index in [-0.39, 0.29) is 5.91 Å². The Morgan fingerprint density at radius 3 is 3.28 bits per heavy atom. The molecule has 1 aliphatic rings. The number of hydrogen-bond acceptors (Lipinski definition) is 3. The molecule has 0 bridgehead atoms. The SMILES string of the molecule is O=C(/C=C/c1cccs1)NCCC1CCCNC1. The summed E-state index contributed by atoms with van der Waals surface area (Å²) in [7, 11) is 0. The van der Waals surface area contributed by atoms with E-state index in [9.17, 15) is 4.79 Å². The summed E-state index contributed by atoms with van der Waals surface area (Å²) in [5.41, 5.74) is 0. The molecule has 0 radical (unpaired) electrons. The number of thiophene rings is 1. The standard InChI is InChI=1S/C14H20N2OS/c17-14(6-5-13-4-2-10-18-13)16-9-7-12-3-1-8-15-11-12/h2,4-6,10,12,15H,1,3,7-9,11H2,(H,16,17)/b6-5+. The normalized spacial score (nSPS) is 20.1. The zero-order chi connectivity index (χ0) is 12.6. The topological polar surface area (TPSA) is 41.1 Å². The second-order valence-corrected chi connectivity index (χ2v) is 5.62. The first-order chi connectivity index (χ1) is 8.84. The fourth-order valence-electron chi connectivity index (χ4n) is 2.17. The Balaban J connectivity index is 1.62. The highest BCUT2D eigenvalue weighted by molar-refractivity contribution is 7.10. The van der Waals surface area contributed by atoms with Crippen LogP contribution in [0.25, 0.3) is 6.08 Å². The average Bonchev–Trinajstić information content (AvgIpc) is 2.91. The number of piperidine rings is 1. The molecule has 1 aromatic heterocycles. The van der Waals surface area contributed by atoms with Gasteiger partial charge in [-0.1, -0.05) is 6.07 Å². The smallest absolute Gasteiger partial charge is 0.244 e. The van der Waals surface area contributed by atoms with Crippen molar-refractivity contribution in [2.24, 2.45) is 5.92 Å². The van der Waals surface area contributed by atoms with E-state index in [1.165, 1.54) is 12.8 Å². The van der Waals surface area contributed by atoms with Crippen LogP contribution < -0.4 is 10.6 Å². The van der Waals surface area contributed by atoms with Crippen LogP contribution in [-0.2, 0) is 4.79 Å². The Labute approximate surface area is 112 Å². The first-order valence-corrected chi connectivity index (χ1v) is 7.43. The largest absolute Gasteiger partial charge is 0.353 e. The summed E-state index contributed by atoms with van der Waals surface area (Å²) in [6, 6.07) is 3.99. The van der Waals surface area contributed by atoms with E-state index in [0.29, 0.717) is 0 Å². The number of hydrogen-bond donors (Lipinski definition) is 2. The third-order valence-corrected chi connectivity index (χ3v) is 4.03. The van der Waals surface area contributed by atoms with Crippen LogP contribution in [0.3, 0.4) is 0 Å². The number of rotatable bonds is 5. The highest BCUT2D eigenvalue weighted by atomic mass is 32.1. The van der Waals surface area contributed by atoms with Gasteiger partial charge in [-0.25, -0.2) is 0 Å². The van der Waals surface area contributed by atoms with Crippen molar-refractivity contribution in [3.05, 3.63) is 28.5 Å². The van der Waals surface area contributed by atoms with Crippen LogP contribution in [0.5, 0.6) is 0 Å². The van der Waals surface area contributed by atoms with Crippen molar-refractivity contribution in [1.29, 1.82) is 0 Å². The van der Waals surface area contributed by atoms with Gasteiger partial charge in [0.2, 0.25) is 5.91 Å². The molecule has 1 amide bonds. The zero-order valence-electron chi connectivity index (χ0n) is 10.5. The summed E-state index contributed by atoms with van der Waals surface area (Å²) in [4.78, 5) is 12.7. The van der Waals surface area contributed by atoms with Crippen molar-refractivity contribution in [2.75, 3.05) is 19.6 Å². The van der Waals surface area contributed by atoms with Gasteiger partial charge in [-0.15, -0.1) is 11.3 Å². The molecule has 18 heavy (non-hydrogen) atoms. The summed E-state index contributed by atoms with van der Waals surface area (Å²) in [5.74, 6) is 0.729. The van der Waals surface area contributed by atoms with Gasteiger partial charge in [0.1, 0.15) is 0 Å². The Kier molecular flexibility index (Phi) is 5.42. The highest BCUT2D eigenvalue weighted by Gasteiger charge is 2.12. The van der Waals surface area contributed by atoms with Crippen molar-refractivity contribution < 1.29 is 4.79 Å². The third kappa shape index (κ3) is 4.63. The van der Waals surface area contributed by atoms with Gasteiger partial charge in [0.05, 0.1) is 0 Å². The molecule has 1 aromatic rings. The van der Waals surface area contributed by atoms with Crippen LogP contribution in [0.1, 0.15) is 24.1 Å². The fourth-order valence-corrected chi connectivity index (χ4v) is 2.79. The van der Waals surface area contributed by atoms with Gasteiger partial charge < -0.3 is 10.6 Å². The predicted molar refractivity (Wildman–Crippen MR) is 76.6 cm³/mol. The summed E-state index contributed by atoms with van der Waals surface area (Å²) >= 11 is 1.64. The molecule has 1 fully saturated rings. The first kappa shape index (κ1) is 13.3. The predicted octanol–water partition coefficient (Wildman–Crippen LogP) is 2.27. The van der Waals surface area contributed by atoms with E-state index in [1.807, 2.05) is 23.6 Å². The van der Waals surface area contributed by atoms with E-state index in [4.69, 9.17) is 0 Å². The summed E-state index contributed by atoms with van der Waals surface area (Å²) in [6.07, 6.45) is 7.10. The van der Waals surface area contributed by atoms with Gasteiger partial charge in [-0.2, -0.15) is 0 Å². The van der Waals surface area contributed by atoms with Gasteiger partial charge in [0.25, 0.3) is 0 Å². The fraction of sp³-hybridized carbons (Fsp3) is 0.500. The molecular weight excluding hydrogens is 244 g/mol. The van der Waals surface area contributed by atoms with Gasteiger partial charge in [0, 0.05) is 17.5 Å². The lowest BCUT2D eigenvalue weighted by atomic mass is 9.96. The Bertz CT molecular complexity index is 381. The molecule has 0 aromatic carbocycles. The Morgan fingerprint density at radius 1 is 1.61 bits per heavy atom. The van der Waals surface area contributed by atoms with Crippen LogP contribution in [0.2, 0.25) is 0 Å². The molecule has 0 saturated carbocycles. The van der Waals surface area contributed by atoms with E-state index in [2.05, 4.69) is 10.6 Å². The van der Waals surface area contributed by atoms with Gasteiger partial charge in [-0.05, 0) is 55.8 Å². The van der Waals surface area contributed by atoms with Gasteiger partial charge in [0.15, 0.2) is 0 Å². The van der Waals surface area contributed by atoms with E-state index in [1.54, 1.807) is 17.4 Å². The van der Waals surface area contributed by atoms with Gasteiger partial charge in [-0.3, -0.25) is 4.79 Å². The first-order valence-electron chi connectivity index (χ1n) is 6.55. The molecule has 98 valence electrons. The van der Waals surface area contributed by atoms with E-state index in [0.717, 1.165) is 36.9 Å². The number of amides is 1. The van der Waals surface area contributed by atoms with Crippen LogP contribution in [0, 0.1) is 5.92 Å². The lowest BCUT2D eigenvalue weighted by Gasteiger charge is -2.22. The van der Waals surface area contributed by atoms with Crippen LogP contribution in [0.4, 0.5) is 0 Å². The maximum atomic E-state index is 11.6. The van der Waals surface area contributed by atoms with Crippen molar-refractivity contribution in [3.8, 4) is 0 Å². The zero-order valence-corrected chi connectivity index (χ0v) is 11.3. The molecule has 1 unspecified atom stereocenters. The van der Waals surface area contributed by atoms with E-state index >= 15 is 0 Å². The third-order valence-electron chi connectivity index (χ3n) is 3.19. The van der Waals surface area contributed by atoms with Crippen LogP contribution in [-0.4, -0.2) is 25.5 Å². The number of carbonyl (C=O) groups is 1. The molecule has 2 N–H and O–H groups in total. The van der Waals surface area contributed by atoms with Crippen LogP contribution >= 0.6 is 11.3 Å². The number of carbonyl (C=O) groups excluding carboxylic acids is 1. The molecule has 4 heteroatoms. The Morgan fingerprint density at radius 2 is 2.56 bits per heavy atom. The lowest BCUT2D eigenvalue weighted by Crippen LogP contribution is -2.32. The molecule has 0 aliphatic carbocycles. The van der Waals surface area contributed by atoms with Crippen molar-refractivity contribution in [1.82, 2.24) is 10.6 Å². The van der Waals surface area contributed by atoms with Crippen LogP contribution in [0.15, 0.2) is 23.6 Å². The molecule has 2 rings (SSSR count). The molecule has 1 aliphatic heterocycles. The molecule has 1 atom stereocenters. The molecular formula is C14H20N2OS. The van der Waals surface area contributed by atoms with Gasteiger partial charge >= 0.3 is 0 Å². The summed E-state index contributed by atoms with van der Waals surface area (Å²) in [6.45, 7) is 3.02. The monoisotopic (exact) mass is 264 g/mol. The quantitative estimate of drug-likeness (QED) is 0.801. The highest BCUT2D eigenvalue weighted by Crippen LogP contribution is 2.13. The summed E-state index contributed by atoms with van der Waals surface area (Å²) < 4.78 is 0. The molecule has 1 saturated heterocycles. The second kappa shape index (κ2) is 7.34. The molecule has 3 nitrogen and oxygen atoms in total. The van der Waals surface area contributed by atoms with Crippen molar-refractivity contribution in [3.63, 3.8) is 0 Å². The number of nitrogens with one attached hydrogen (secondary N) is 2. The van der Waals surface area contributed by atoms with Crippen molar-refractivity contribution >= 4 is 23.3 Å². The maximum Gasteiger partial charge on any atom is 0.244 e.